The lowest BCUT2D eigenvalue weighted by Gasteiger charge is -2.12. The van der Waals surface area contributed by atoms with E-state index in [4.69, 9.17) is 4.74 Å². The van der Waals surface area contributed by atoms with Crippen molar-refractivity contribution in [3.8, 4) is 5.75 Å². The van der Waals surface area contributed by atoms with Crippen LogP contribution >= 0.6 is 0 Å². The Morgan fingerprint density at radius 3 is 3.07 bits per heavy atom. The molecule has 0 saturated carbocycles. The van der Waals surface area contributed by atoms with E-state index in [9.17, 15) is 0 Å². The molecule has 3 heteroatoms. The maximum absolute atomic E-state index is 5.52. The molecule has 0 atom stereocenters. The fourth-order valence-corrected chi connectivity index (χ4v) is 1.15. The first-order chi connectivity index (χ1) is 7.24. The number of aromatic nitrogens is 1. The smallest absolute Gasteiger partial charge is 0.127 e. The SMILES string of the molecule is C=CCOc1ccncc1CNC(C)C. The molecule has 0 aromatic carbocycles. The van der Waals surface area contributed by atoms with E-state index in [1.165, 1.54) is 0 Å². The molecule has 1 aromatic rings. The molecule has 1 aromatic heterocycles. The van der Waals surface area contributed by atoms with E-state index in [1.807, 2.05) is 12.3 Å². The Balaban J connectivity index is 2.63. The molecule has 0 fully saturated rings. The molecule has 1 heterocycles. The van der Waals surface area contributed by atoms with Gasteiger partial charge in [0.2, 0.25) is 0 Å². The number of rotatable bonds is 6. The van der Waals surface area contributed by atoms with Crippen LogP contribution in [0.4, 0.5) is 0 Å². The standard InChI is InChI=1S/C12H18N2O/c1-4-7-15-12-5-6-13-8-11(12)9-14-10(2)3/h4-6,8,10,14H,1,7,9H2,2-3H3. The summed E-state index contributed by atoms with van der Waals surface area (Å²) in [5.41, 5.74) is 1.08. The van der Waals surface area contributed by atoms with Crippen molar-refractivity contribution in [1.82, 2.24) is 10.3 Å². The van der Waals surface area contributed by atoms with Crippen molar-refractivity contribution in [2.45, 2.75) is 26.4 Å². The van der Waals surface area contributed by atoms with Crippen LogP contribution in [0.3, 0.4) is 0 Å². The van der Waals surface area contributed by atoms with Gasteiger partial charge in [-0.25, -0.2) is 0 Å². The molecule has 0 amide bonds. The lowest BCUT2D eigenvalue weighted by molar-refractivity contribution is 0.356. The van der Waals surface area contributed by atoms with Gasteiger partial charge in [0.05, 0.1) is 0 Å². The summed E-state index contributed by atoms with van der Waals surface area (Å²) in [6.07, 6.45) is 5.30. The largest absolute Gasteiger partial charge is 0.489 e. The number of hydrogen-bond donors (Lipinski definition) is 1. The molecule has 1 N–H and O–H groups in total. The number of nitrogens with one attached hydrogen (secondary N) is 1. The topological polar surface area (TPSA) is 34.1 Å². The van der Waals surface area contributed by atoms with Gasteiger partial charge in [0.1, 0.15) is 12.4 Å². The molecule has 0 bridgehead atoms. The summed E-state index contributed by atoms with van der Waals surface area (Å²) in [5, 5.41) is 3.33. The Kier molecular flexibility index (Phi) is 4.84. The van der Waals surface area contributed by atoms with Gasteiger partial charge >= 0.3 is 0 Å². The average Bonchev–Trinajstić information content (AvgIpc) is 2.24. The van der Waals surface area contributed by atoms with Crippen LogP contribution in [0.25, 0.3) is 0 Å². The van der Waals surface area contributed by atoms with Crippen molar-refractivity contribution >= 4 is 0 Å². The van der Waals surface area contributed by atoms with E-state index in [1.54, 1.807) is 12.3 Å². The quantitative estimate of drug-likeness (QED) is 0.724. The second-order valence-electron chi connectivity index (χ2n) is 3.62. The highest BCUT2D eigenvalue weighted by atomic mass is 16.5. The molecule has 0 aliphatic rings. The first-order valence-corrected chi connectivity index (χ1v) is 5.14. The summed E-state index contributed by atoms with van der Waals surface area (Å²) >= 11 is 0. The van der Waals surface area contributed by atoms with Crippen molar-refractivity contribution in [2.75, 3.05) is 6.61 Å². The van der Waals surface area contributed by atoms with Gasteiger partial charge in [0.15, 0.2) is 0 Å². The van der Waals surface area contributed by atoms with E-state index in [0.29, 0.717) is 12.6 Å². The monoisotopic (exact) mass is 206 g/mol. The summed E-state index contributed by atoms with van der Waals surface area (Å²) in [6.45, 7) is 9.15. The van der Waals surface area contributed by atoms with E-state index < -0.39 is 0 Å². The zero-order chi connectivity index (χ0) is 11.1. The van der Waals surface area contributed by atoms with Crippen molar-refractivity contribution in [2.24, 2.45) is 0 Å². The van der Waals surface area contributed by atoms with Crippen molar-refractivity contribution in [3.05, 3.63) is 36.7 Å². The Morgan fingerprint density at radius 2 is 2.40 bits per heavy atom. The predicted octanol–water partition coefficient (Wildman–Crippen LogP) is 2.14. The van der Waals surface area contributed by atoms with Crippen LogP contribution in [0.2, 0.25) is 0 Å². The zero-order valence-electron chi connectivity index (χ0n) is 9.36. The Hall–Kier alpha value is -1.35. The van der Waals surface area contributed by atoms with Crippen LogP contribution in [-0.2, 0) is 6.54 Å². The number of ether oxygens (including phenoxy) is 1. The summed E-state index contributed by atoms with van der Waals surface area (Å²) in [7, 11) is 0. The minimum Gasteiger partial charge on any atom is -0.489 e. The second kappa shape index (κ2) is 6.19. The molecule has 3 nitrogen and oxygen atoms in total. The van der Waals surface area contributed by atoms with Gasteiger partial charge < -0.3 is 10.1 Å². The molecule has 0 aliphatic heterocycles. The van der Waals surface area contributed by atoms with Crippen molar-refractivity contribution in [1.29, 1.82) is 0 Å². The molecular formula is C12H18N2O. The molecule has 0 radical (unpaired) electrons. The summed E-state index contributed by atoms with van der Waals surface area (Å²) < 4.78 is 5.52. The van der Waals surface area contributed by atoms with Crippen LogP contribution in [0.1, 0.15) is 19.4 Å². The third kappa shape index (κ3) is 4.13. The normalized spacial score (nSPS) is 10.3. The van der Waals surface area contributed by atoms with Gasteiger partial charge in [-0.05, 0) is 6.07 Å². The van der Waals surface area contributed by atoms with Gasteiger partial charge in [0.25, 0.3) is 0 Å². The third-order valence-electron chi connectivity index (χ3n) is 1.92. The van der Waals surface area contributed by atoms with E-state index in [0.717, 1.165) is 17.9 Å². The van der Waals surface area contributed by atoms with Gasteiger partial charge in [-0.15, -0.1) is 0 Å². The second-order valence-corrected chi connectivity index (χ2v) is 3.62. The maximum Gasteiger partial charge on any atom is 0.127 e. The van der Waals surface area contributed by atoms with Crippen LogP contribution < -0.4 is 10.1 Å². The zero-order valence-corrected chi connectivity index (χ0v) is 9.36. The summed E-state index contributed by atoms with van der Waals surface area (Å²) in [6, 6.07) is 2.33. The van der Waals surface area contributed by atoms with E-state index >= 15 is 0 Å². The highest BCUT2D eigenvalue weighted by molar-refractivity contribution is 5.30. The van der Waals surface area contributed by atoms with Crippen LogP contribution in [-0.4, -0.2) is 17.6 Å². The molecule has 15 heavy (non-hydrogen) atoms. The summed E-state index contributed by atoms with van der Waals surface area (Å²) in [4.78, 5) is 4.09. The average molecular weight is 206 g/mol. The molecule has 0 spiro atoms. The van der Waals surface area contributed by atoms with Crippen LogP contribution in [0.15, 0.2) is 31.1 Å². The fraction of sp³-hybridized carbons (Fsp3) is 0.417. The number of pyridine rings is 1. The fourth-order valence-electron chi connectivity index (χ4n) is 1.15. The first-order valence-electron chi connectivity index (χ1n) is 5.14. The summed E-state index contributed by atoms with van der Waals surface area (Å²) in [5.74, 6) is 0.873. The lowest BCUT2D eigenvalue weighted by Crippen LogP contribution is -2.22. The van der Waals surface area contributed by atoms with Gasteiger partial charge in [-0.3, -0.25) is 4.98 Å². The molecule has 0 aliphatic carbocycles. The van der Waals surface area contributed by atoms with Gasteiger partial charge in [0, 0.05) is 30.5 Å². The lowest BCUT2D eigenvalue weighted by atomic mass is 10.2. The Bertz CT molecular complexity index is 310. The van der Waals surface area contributed by atoms with E-state index in [2.05, 4.69) is 30.7 Å². The molecule has 82 valence electrons. The van der Waals surface area contributed by atoms with Crippen LogP contribution in [0.5, 0.6) is 5.75 Å². The first kappa shape index (κ1) is 11.7. The number of nitrogens with zero attached hydrogens (tertiary/aromatic N) is 1. The predicted molar refractivity (Wildman–Crippen MR) is 61.9 cm³/mol. The van der Waals surface area contributed by atoms with Gasteiger partial charge in [-0.1, -0.05) is 26.5 Å². The number of hydrogen-bond acceptors (Lipinski definition) is 3. The molecular weight excluding hydrogens is 188 g/mol. The van der Waals surface area contributed by atoms with E-state index in [-0.39, 0.29) is 0 Å². The third-order valence-corrected chi connectivity index (χ3v) is 1.92. The van der Waals surface area contributed by atoms with Crippen LogP contribution in [0, 0.1) is 0 Å². The Labute approximate surface area is 91.2 Å². The van der Waals surface area contributed by atoms with Gasteiger partial charge in [-0.2, -0.15) is 0 Å². The molecule has 1 rings (SSSR count). The minimum atomic E-state index is 0.456. The minimum absolute atomic E-state index is 0.456. The maximum atomic E-state index is 5.52. The molecule has 0 saturated heterocycles. The van der Waals surface area contributed by atoms with Crippen molar-refractivity contribution < 1.29 is 4.74 Å². The highest BCUT2D eigenvalue weighted by Gasteiger charge is 2.03. The molecule has 0 unspecified atom stereocenters. The highest BCUT2D eigenvalue weighted by Crippen LogP contribution is 2.16. The van der Waals surface area contributed by atoms with Crippen molar-refractivity contribution in [3.63, 3.8) is 0 Å². The Morgan fingerprint density at radius 1 is 1.60 bits per heavy atom.